The highest BCUT2D eigenvalue weighted by Gasteiger charge is 2.25. The van der Waals surface area contributed by atoms with Crippen LogP contribution in [0.15, 0.2) is 0 Å². The lowest BCUT2D eigenvalue weighted by atomic mass is 9.94. The summed E-state index contributed by atoms with van der Waals surface area (Å²) >= 11 is 0. The number of unbranched alkanes of at least 4 members (excludes halogenated alkanes) is 1. The standard InChI is InChI=1S/C14H27NO3/c1-3-4-9-18-14(17)7-8-15-10-13(11-16)6-5-12(15)2/h12-13,16H,3-11H2,1-2H3. The summed E-state index contributed by atoms with van der Waals surface area (Å²) in [4.78, 5) is 13.8. The number of piperidine rings is 1. The van der Waals surface area contributed by atoms with Crippen molar-refractivity contribution in [2.75, 3.05) is 26.3 Å². The molecule has 1 saturated heterocycles. The Morgan fingerprint density at radius 1 is 1.44 bits per heavy atom. The number of hydrogen-bond donors (Lipinski definition) is 1. The van der Waals surface area contributed by atoms with Crippen LogP contribution in [0.3, 0.4) is 0 Å². The summed E-state index contributed by atoms with van der Waals surface area (Å²) in [5, 5.41) is 9.20. The molecule has 0 spiro atoms. The van der Waals surface area contributed by atoms with Gasteiger partial charge in [0.05, 0.1) is 13.0 Å². The van der Waals surface area contributed by atoms with Crippen LogP contribution in [0.4, 0.5) is 0 Å². The van der Waals surface area contributed by atoms with Crippen LogP contribution in [0, 0.1) is 5.92 Å². The third-order valence-corrected chi connectivity index (χ3v) is 3.73. The molecule has 1 aliphatic rings. The Hall–Kier alpha value is -0.610. The van der Waals surface area contributed by atoms with E-state index in [4.69, 9.17) is 4.74 Å². The van der Waals surface area contributed by atoms with Crippen LogP contribution in [0.1, 0.15) is 46.0 Å². The average Bonchev–Trinajstić information content (AvgIpc) is 2.38. The second kappa shape index (κ2) is 8.48. The SMILES string of the molecule is CCCCOC(=O)CCN1CC(CO)CCC1C. The fraction of sp³-hybridized carbons (Fsp3) is 0.929. The van der Waals surface area contributed by atoms with Crippen molar-refractivity contribution in [3.63, 3.8) is 0 Å². The van der Waals surface area contributed by atoms with Crippen LogP contribution >= 0.6 is 0 Å². The molecular formula is C14H27NO3. The number of hydrogen-bond acceptors (Lipinski definition) is 4. The van der Waals surface area contributed by atoms with Gasteiger partial charge >= 0.3 is 5.97 Å². The molecule has 2 unspecified atom stereocenters. The maximum Gasteiger partial charge on any atom is 0.307 e. The summed E-state index contributed by atoms with van der Waals surface area (Å²) in [6.45, 7) is 6.73. The van der Waals surface area contributed by atoms with Crippen molar-refractivity contribution in [2.24, 2.45) is 5.92 Å². The largest absolute Gasteiger partial charge is 0.466 e. The number of likely N-dealkylation sites (tertiary alicyclic amines) is 1. The molecule has 4 heteroatoms. The van der Waals surface area contributed by atoms with Crippen molar-refractivity contribution in [3.05, 3.63) is 0 Å². The predicted octanol–water partition coefficient (Wildman–Crippen LogP) is 1.81. The first-order valence-corrected chi connectivity index (χ1v) is 7.17. The fourth-order valence-electron chi connectivity index (χ4n) is 2.36. The van der Waals surface area contributed by atoms with E-state index in [-0.39, 0.29) is 12.6 Å². The zero-order valence-corrected chi connectivity index (χ0v) is 11.7. The van der Waals surface area contributed by atoms with E-state index in [0.29, 0.717) is 25.0 Å². The molecule has 1 aliphatic heterocycles. The molecule has 1 N–H and O–H groups in total. The van der Waals surface area contributed by atoms with Crippen molar-refractivity contribution in [1.82, 2.24) is 4.90 Å². The van der Waals surface area contributed by atoms with Crippen LogP contribution in [0.2, 0.25) is 0 Å². The molecule has 4 nitrogen and oxygen atoms in total. The number of rotatable bonds is 7. The number of aliphatic hydroxyl groups excluding tert-OH is 1. The Balaban J connectivity index is 2.21. The second-order valence-corrected chi connectivity index (χ2v) is 5.29. The Bertz CT molecular complexity index is 245. The van der Waals surface area contributed by atoms with E-state index in [1.165, 1.54) is 0 Å². The van der Waals surface area contributed by atoms with Crippen molar-refractivity contribution in [2.45, 2.75) is 52.0 Å². The van der Waals surface area contributed by atoms with Gasteiger partial charge in [0.1, 0.15) is 0 Å². The molecule has 1 rings (SSSR count). The number of carbonyl (C=O) groups excluding carboxylic acids is 1. The van der Waals surface area contributed by atoms with E-state index in [0.717, 1.165) is 38.8 Å². The molecular weight excluding hydrogens is 230 g/mol. The molecule has 2 atom stereocenters. The molecule has 1 heterocycles. The predicted molar refractivity (Wildman–Crippen MR) is 71.3 cm³/mol. The number of aliphatic hydroxyl groups is 1. The van der Waals surface area contributed by atoms with E-state index in [1.807, 2.05) is 0 Å². The highest BCUT2D eigenvalue weighted by molar-refractivity contribution is 5.69. The van der Waals surface area contributed by atoms with Crippen LogP contribution in [-0.2, 0) is 9.53 Å². The van der Waals surface area contributed by atoms with Crippen LogP contribution < -0.4 is 0 Å². The Kier molecular flexibility index (Phi) is 7.28. The number of carbonyl (C=O) groups is 1. The summed E-state index contributed by atoms with van der Waals surface area (Å²) in [6, 6.07) is 0.510. The van der Waals surface area contributed by atoms with E-state index in [2.05, 4.69) is 18.7 Å². The molecule has 0 aromatic heterocycles. The first kappa shape index (κ1) is 15.4. The molecule has 0 amide bonds. The normalized spacial score (nSPS) is 25.1. The van der Waals surface area contributed by atoms with Gasteiger partial charge in [-0.3, -0.25) is 9.69 Å². The van der Waals surface area contributed by atoms with Gasteiger partial charge < -0.3 is 9.84 Å². The summed E-state index contributed by atoms with van der Waals surface area (Å²) in [6.07, 6.45) is 4.66. The van der Waals surface area contributed by atoms with E-state index < -0.39 is 0 Å². The van der Waals surface area contributed by atoms with Gasteiger partial charge in [-0.25, -0.2) is 0 Å². The minimum Gasteiger partial charge on any atom is -0.466 e. The first-order valence-electron chi connectivity index (χ1n) is 7.17. The smallest absolute Gasteiger partial charge is 0.307 e. The molecule has 0 radical (unpaired) electrons. The van der Waals surface area contributed by atoms with Gasteiger partial charge in [0.15, 0.2) is 0 Å². The third kappa shape index (κ3) is 5.36. The molecule has 0 aliphatic carbocycles. The molecule has 0 bridgehead atoms. The second-order valence-electron chi connectivity index (χ2n) is 5.29. The fourth-order valence-corrected chi connectivity index (χ4v) is 2.36. The van der Waals surface area contributed by atoms with Crippen molar-refractivity contribution in [3.8, 4) is 0 Å². The zero-order valence-electron chi connectivity index (χ0n) is 11.7. The lowest BCUT2D eigenvalue weighted by molar-refractivity contribution is -0.144. The topological polar surface area (TPSA) is 49.8 Å². The molecule has 0 saturated carbocycles. The van der Waals surface area contributed by atoms with Gasteiger partial charge in [0, 0.05) is 25.7 Å². The minimum atomic E-state index is -0.0956. The van der Waals surface area contributed by atoms with Crippen LogP contribution in [0.5, 0.6) is 0 Å². The van der Waals surface area contributed by atoms with Gasteiger partial charge in [0.25, 0.3) is 0 Å². The van der Waals surface area contributed by atoms with Crippen molar-refractivity contribution in [1.29, 1.82) is 0 Å². The van der Waals surface area contributed by atoms with Gasteiger partial charge in [0.2, 0.25) is 0 Å². The number of ether oxygens (including phenoxy) is 1. The minimum absolute atomic E-state index is 0.0956. The monoisotopic (exact) mass is 257 g/mol. The van der Waals surface area contributed by atoms with Gasteiger partial charge in [-0.2, -0.15) is 0 Å². The third-order valence-electron chi connectivity index (χ3n) is 3.73. The molecule has 1 fully saturated rings. The highest BCUT2D eigenvalue weighted by atomic mass is 16.5. The Labute approximate surface area is 110 Å². The van der Waals surface area contributed by atoms with Gasteiger partial charge in [-0.15, -0.1) is 0 Å². The quantitative estimate of drug-likeness (QED) is 0.558. The summed E-state index contributed by atoms with van der Waals surface area (Å²) in [5.74, 6) is 0.277. The lowest BCUT2D eigenvalue weighted by Gasteiger charge is -2.37. The summed E-state index contributed by atoms with van der Waals surface area (Å²) in [5.41, 5.74) is 0. The number of nitrogens with zero attached hydrogens (tertiary/aromatic N) is 1. The maximum atomic E-state index is 11.5. The summed E-state index contributed by atoms with van der Waals surface area (Å²) in [7, 11) is 0. The molecule has 0 aromatic carbocycles. The molecule has 18 heavy (non-hydrogen) atoms. The van der Waals surface area contributed by atoms with Gasteiger partial charge in [-0.1, -0.05) is 13.3 Å². The van der Waals surface area contributed by atoms with Crippen molar-refractivity contribution >= 4 is 5.97 Å². The highest BCUT2D eigenvalue weighted by Crippen LogP contribution is 2.21. The zero-order chi connectivity index (χ0) is 13.4. The Morgan fingerprint density at radius 3 is 2.89 bits per heavy atom. The van der Waals surface area contributed by atoms with Crippen LogP contribution in [-0.4, -0.2) is 48.3 Å². The van der Waals surface area contributed by atoms with E-state index in [1.54, 1.807) is 0 Å². The Morgan fingerprint density at radius 2 is 2.22 bits per heavy atom. The van der Waals surface area contributed by atoms with E-state index in [9.17, 15) is 9.90 Å². The van der Waals surface area contributed by atoms with Gasteiger partial charge in [-0.05, 0) is 32.1 Å². The average molecular weight is 257 g/mol. The lowest BCUT2D eigenvalue weighted by Crippen LogP contribution is -2.43. The molecule has 106 valence electrons. The van der Waals surface area contributed by atoms with E-state index >= 15 is 0 Å². The first-order chi connectivity index (χ1) is 8.67. The van der Waals surface area contributed by atoms with Crippen LogP contribution in [0.25, 0.3) is 0 Å². The van der Waals surface area contributed by atoms with Crippen molar-refractivity contribution < 1.29 is 14.6 Å². The maximum absolute atomic E-state index is 11.5. The molecule has 0 aromatic rings. The number of esters is 1. The summed E-state index contributed by atoms with van der Waals surface area (Å²) < 4.78 is 5.15.